The van der Waals surface area contributed by atoms with E-state index in [4.69, 9.17) is 4.74 Å². The van der Waals surface area contributed by atoms with E-state index in [9.17, 15) is 4.79 Å². The number of carbonyl (C=O) groups is 1. The number of hydrogen-bond donors (Lipinski definition) is 2. The number of aromatic nitrogens is 3. The Morgan fingerprint density at radius 3 is 2.70 bits per heavy atom. The van der Waals surface area contributed by atoms with Gasteiger partial charge in [0.25, 0.3) is 5.91 Å². The molecule has 0 radical (unpaired) electrons. The van der Waals surface area contributed by atoms with Gasteiger partial charge in [0.2, 0.25) is 0 Å². The highest BCUT2D eigenvalue weighted by Crippen LogP contribution is 2.25. The number of methoxy groups -OCH3 is 1. The molecule has 0 saturated carbocycles. The van der Waals surface area contributed by atoms with Crippen molar-refractivity contribution < 1.29 is 9.53 Å². The Morgan fingerprint density at radius 2 is 2.04 bits per heavy atom. The van der Waals surface area contributed by atoms with Crippen LogP contribution < -0.4 is 10.1 Å². The van der Waals surface area contributed by atoms with Gasteiger partial charge in [0.1, 0.15) is 5.75 Å². The van der Waals surface area contributed by atoms with Gasteiger partial charge in [-0.1, -0.05) is 18.7 Å². The predicted octanol–water partition coefficient (Wildman–Crippen LogP) is 3.37. The first-order valence-electron chi connectivity index (χ1n) is 8.39. The van der Waals surface area contributed by atoms with E-state index >= 15 is 0 Å². The van der Waals surface area contributed by atoms with Gasteiger partial charge in [-0.05, 0) is 36.3 Å². The van der Waals surface area contributed by atoms with E-state index < -0.39 is 0 Å². The van der Waals surface area contributed by atoms with Crippen LogP contribution in [0.1, 0.15) is 12.5 Å². The second kappa shape index (κ2) is 8.09. The monoisotopic (exact) mass is 380 g/mol. The summed E-state index contributed by atoms with van der Waals surface area (Å²) in [5.74, 6) is 0.556. The molecule has 0 atom stereocenters. The number of hydrogen-bond acceptors (Lipinski definition) is 5. The lowest BCUT2D eigenvalue weighted by atomic mass is 10.1. The molecule has 0 aliphatic heterocycles. The number of thiol groups is 1. The molecular weight excluding hydrogens is 360 g/mol. The van der Waals surface area contributed by atoms with Crippen LogP contribution in [0.25, 0.3) is 22.3 Å². The quantitative estimate of drug-likeness (QED) is 0.391. The lowest BCUT2D eigenvalue weighted by Gasteiger charge is -2.05. The molecule has 0 unspecified atom stereocenters. The van der Waals surface area contributed by atoms with Crippen molar-refractivity contribution in [3.05, 3.63) is 66.0 Å². The zero-order valence-electron chi connectivity index (χ0n) is 15.1. The first kappa shape index (κ1) is 18.7. The van der Waals surface area contributed by atoms with Gasteiger partial charge in [0.05, 0.1) is 18.2 Å². The molecule has 7 heteroatoms. The van der Waals surface area contributed by atoms with Crippen LogP contribution in [0.4, 0.5) is 0 Å². The second-order valence-electron chi connectivity index (χ2n) is 5.81. The maximum absolute atomic E-state index is 11.8. The largest absolute Gasteiger partial charge is 0.497 e. The van der Waals surface area contributed by atoms with E-state index in [2.05, 4.69) is 34.6 Å². The van der Waals surface area contributed by atoms with E-state index in [1.807, 2.05) is 37.4 Å². The third kappa shape index (κ3) is 4.03. The van der Waals surface area contributed by atoms with Crippen molar-refractivity contribution in [2.75, 3.05) is 13.7 Å². The Balaban J connectivity index is 1.90. The lowest BCUT2D eigenvalue weighted by molar-refractivity contribution is -0.116. The smallest absolute Gasteiger partial charge is 0.257 e. The summed E-state index contributed by atoms with van der Waals surface area (Å²) in [4.78, 5) is 16.6. The molecule has 0 aliphatic carbocycles. The van der Waals surface area contributed by atoms with Crippen molar-refractivity contribution in [1.29, 1.82) is 0 Å². The average molecular weight is 380 g/mol. The number of amides is 1. The zero-order chi connectivity index (χ0) is 19.4. The molecule has 2 aromatic heterocycles. The van der Waals surface area contributed by atoms with Gasteiger partial charge in [-0.3, -0.25) is 4.79 Å². The van der Waals surface area contributed by atoms with Crippen molar-refractivity contribution in [3.8, 4) is 16.9 Å². The molecular formula is C20H20N4O2S. The molecule has 3 aromatic rings. The van der Waals surface area contributed by atoms with E-state index in [0.29, 0.717) is 17.8 Å². The third-order valence-electron chi connectivity index (χ3n) is 4.01. The topological polar surface area (TPSA) is 68.5 Å². The van der Waals surface area contributed by atoms with Crippen LogP contribution in [-0.4, -0.2) is 34.2 Å². The normalized spacial score (nSPS) is 11.4. The molecule has 0 saturated heterocycles. The van der Waals surface area contributed by atoms with Gasteiger partial charge in [-0.25, -0.2) is 9.50 Å². The molecule has 2 heterocycles. The molecule has 6 nitrogen and oxygen atoms in total. The molecule has 0 aliphatic rings. The van der Waals surface area contributed by atoms with Crippen molar-refractivity contribution in [3.63, 3.8) is 0 Å². The number of allylic oxidation sites excluding steroid dienone is 2. The summed E-state index contributed by atoms with van der Waals surface area (Å²) in [6, 6.07) is 7.73. The number of rotatable bonds is 6. The van der Waals surface area contributed by atoms with Gasteiger partial charge in [0.15, 0.2) is 5.65 Å². The van der Waals surface area contributed by atoms with E-state index in [-0.39, 0.29) is 10.8 Å². The summed E-state index contributed by atoms with van der Waals surface area (Å²) >= 11 is 4.23. The maximum atomic E-state index is 11.8. The number of ether oxygens (including phenoxy) is 1. The van der Waals surface area contributed by atoms with Gasteiger partial charge in [0, 0.05) is 30.1 Å². The fourth-order valence-electron chi connectivity index (χ4n) is 2.59. The van der Waals surface area contributed by atoms with Crippen molar-refractivity contribution in [2.45, 2.75) is 6.92 Å². The van der Waals surface area contributed by atoms with Gasteiger partial charge in [-0.2, -0.15) is 5.10 Å². The number of carbonyl (C=O) groups excluding carboxylic acids is 1. The van der Waals surface area contributed by atoms with Crippen LogP contribution in [0, 0.1) is 0 Å². The van der Waals surface area contributed by atoms with Crippen LogP contribution >= 0.6 is 12.6 Å². The highest BCUT2D eigenvalue weighted by Gasteiger charge is 2.11. The minimum Gasteiger partial charge on any atom is -0.497 e. The van der Waals surface area contributed by atoms with E-state index in [0.717, 1.165) is 22.4 Å². The summed E-state index contributed by atoms with van der Waals surface area (Å²) < 4.78 is 6.88. The Labute approximate surface area is 163 Å². The molecule has 27 heavy (non-hydrogen) atoms. The molecule has 1 N–H and O–H groups in total. The van der Waals surface area contributed by atoms with E-state index in [1.165, 1.54) is 0 Å². The summed E-state index contributed by atoms with van der Waals surface area (Å²) in [7, 11) is 1.64. The van der Waals surface area contributed by atoms with Crippen LogP contribution in [0.15, 0.2) is 60.4 Å². The minimum atomic E-state index is -0.242. The summed E-state index contributed by atoms with van der Waals surface area (Å²) in [5.41, 5.74) is 3.96. The Hall–Kier alpha value is -3.06. The maximum Gasteiger partial charge on any atom is 0.257 e. The summed E-state index contributed by atoms with van der Waals surface area (Å²) in [5, 5.41) is 7.06. The highest BCUT2D eigenvalue weighted by atomic mass is 32.1. The summed E-state index contributed by atoms with van der Waals surface area (Å²) in [6.07, 6.45) is 6.97. The Bertz CT molecular complexity index is 1020. The fraction of sp³-hybridized carbons (Fsp3) is 0.150. The lowest BCUT2D eigenvalue weighted by Crippen LogP contribution is -2.22. The average Bonchev–Trinajstić information content (AvgIpc) is 3.11. The highest BCUT2D eigenvalue weighted by molar-refractivity contribution is 7.85. The number of nitrogens with one attached hydrogen (secondary N) is 1. The van der Waals surface area contributed by atoms with Gasteiger partial charge in [-0.15, -0.1) is 12.6 Å². The van der Waals surface area contributed by atoms with Gasteiger partial charge < -0.3 is 10.1 Å². The van der Waals surface area contributed by atoms with E-state index in [1.54, 1.807) is 30.1 Å². The number of likely N-dealkylation sites (N-methyl/N-ethyl adjacent to an activating group) is 1. The van der Waals surface area contributed by atoms with Crippen molar-refractivity contribution >= 4 is 29.8 Å². The number of benzene rings is 1. The second-order valence-corrected chi connectivity index (χ2v) is 6.29. The SMILES string of the molecule is C=C(/C=C(\S)C(=O)NCC)c1cnn2cc(-c3ccc(OC)cc3)cnc12. The molecule has 1 aromatic carbocycles. The number of fused-ring (bicyclic) bond motifs is 1. The van der Waals surface area contributed by atoms with Crippen LogP contribution in [0.5, 0.6) is 5.75 Å². The van der Waals surface area contributed by atoms with Crippen LogP contribution in [0.3, 0.4) is 0 Å². The summed E-state index contributed by atoms with van der Waals surface area (Å²) in [6.45, 7) is 6.40. The molecule has 0 fully saturated rings. The molecule has 1 amide bonds. The Morgan fingerprint density at radius 1 is 1.30 bits per heavy atom. The number of nitrogens with zero attached hydrogens (tertiary/aromatic N) is 3. The standard InChI is InChI=1S/C20H20N4O2S/c1-4-21-20(25)18(27)9-13(2)17-11-23-24-12-15(10-22-19(17)24)14-5-7-16(26-3)8-6-14/h5-12,27H,2,4H2,1,3H3,(H,21,25)/b18-9-. The third-order valence-corrected chi connectivity index (χ3v) is 4.34. The first-order valence-corrected chi connectivity index (χ1v) is 8.84. The van der Waals surface area contributed by atoms with Crippen molar-refractivity contribution in [1.82, 2.24) is 19.9 Å². The van der Waals surface area contributed by atoms with Crippen LogP contribution in [-0.2, 0) is 4.79 Å². The van der Waals surface area contributed by atoms with Crippen molar-refractivity contribution in [2.24, 2.45) is 0 Å². The predicted molar refractivity (Wildman–Crippen MR) is 110 cm³/mol. The minimum absolute atomic E-state index is 0.242. The Kier molecular flexibility index (Phi) is 5.61. The first-order chi connectivity index (χ1) is 13.0. The zero-order valence-corrected chi connectivity index (χ0v) is 16.0. The molecule has 138 valence electrons. The van der Waals surface area contributed by atoms with Crippen LogP contribution in [0.2, 0.25) is 0 Å². The van der Waals surface area contributed by atoms with Gasteiger partial charge >= 0.3 is 0 Å². The molecule has 0 spiro atoms. The fourth-order valence-corrected chi connectivity index (χ4v) is 2.83. The molecule has 3 rings (SSSR count). The molecule has 0 bridgehead atoms.